The summed E-state index contributed by atoms with van der Waals surface area (Å²) >= 11 is 0. The second-order valence-corrected chi connectivity index (χ2v) is 6.28. The smallest absolute Gasteiger partial charge is 0.251 e. The van der Waals surface area contributed by atoms with Crippen LogP contribution in [0.1, 0.15) is 28.9 Å². The maximum atomic E-state index is 12.5. The summed E-state index contributed by atoms with van der Waals surface area (Å²) in [6.45, 7) is 3.80. The van der Waals surface area contributed by atoms with Crippen molar-refractivity contribution in [1.29, 1.82) is 0 Å². The monoisotopic (exact) mass is 324 g/mol. The first kappa shape index (κ1) is 14.7. The summed E-state index contributed by atoms with van der Waals surface area (Å²) in [4.78, 5) is 21.9. The lowest BCUT2D eigenvalue weighted by Gasteiger charge is -2.32. The number of piperidine rings is 1. The molecule has 1 fully saturated rings. The van der Waals surface area contributed by atoms with Crippen LogP contribution in [0.4, 0.5) is 5.82 Å². The van der Waals surface area contributed by atoms with Gasteiger partial charge in [0.05, 0.1) is 17.4 Å². The second kappa shape index (κ2) is 5.99. The fourth-order valence-electron chi connectivity index (χ4n) is 3.16. The van der Waals surface area contributed by atoms with Crippen molar-refractivity contribution < 1.29 is 4.79 Å². The third-order valence-electron chi connectivity index (χ3n) is 4.53. The lowest BCUT2D eigenvalue weighted by atomic mass is 10.0. The number of rotatable bonds is 3. The third-order valence-corrected chi connectivity index (χ3v) is 4.53. The normalized spacial score (nSPS) is 15.8. The molecule has 0 radical (unpaired) electrons. The zero-order valence-corrected chi connectivity index (χ0v) is 13.5. The summed E-state index contributed by atoms with van der Waals surface area (Å²) in [6, 6.07) is 7.78. The number of benzene rings is 1. The van der Waals surface area contributed by atoms with Crippen LogP contribution in [0.25, 0.3) is 11.0 Å². The van der Waals surface area contributed by atoms with Gasteiger partial charge in [-0.3, -0.25) is 9.89 Å². The van der Waals surface area contributed by atoms with E-state index >= 15 is 0 Å². The van der Waals surface area contributed by atoms with Gasteiger partial charge in [-0.2, -0.15) is 5.10 Å². The minimum absolute atomic E-state index is 0.0273. The number of imidazole rings is 1. The molecule has 124 valence electrons. The van der Waals surface area contributed by atoms with E-state index in [1.165, 1.54) is 0 Å². The van der Waals surface area contributed by atoms with Gasteiger partial charge in [0.2, 0.25) is 0 Å². The van der Waals surface area contributed by atoms with Gasteiger partial charge in [0.25, 0.3) is 5.91 Å². The third kappa shape index (κ3) is 2.84. The molecular formula is C17H20N6O. The van der Waals surface area contributed by atoms with Gasteiger partial charge in [-0.25, -0.2) is 4.98 Å². The number of hydrogen-bond donors (Lipinski definition) is 3. The average molecular weight is 324 g/mol. The van der Waals surface area contributed by atoms with E-state index in [1.807, 2.05) is 25.1 Å². The van der Waals surface area contributed by atoms with E-state index in [4.69, 9.17) is 0 Å². The zero-order chi connectivity index (χ0) is 16.5. The summed E-state index contributed by atoms with van der Waals surface area (Å²) in [5.74, 6) is 0.961. The summed E-state index contributed by atoms with van der Waals surface area (Å²) in [7, 11) is 0. The number of aryl methyl sites for hydroxylation is 1. The van der Waals surface area contributed by atoms with Crippen LogP contribution < -0.4 is 10.2 Å². The Morgan fingerprint density at radius 3 is 2.88 bits per heavy atom. The maximum absolute atomic E-state index is 12.5. The predicted molar refractivity (Wildman–Crippen MR) is 92.1 cm³/mol. The number of H-pyrrole nitrogens is 2. The van der Waals surface area contributed by atoms with Gasteiger partial charge in [0.1, 0.15) is 0 Å². The first-order valence-electron chi connectivity index (χ1n) is 8.20. The quantitative estimate of drug-likeness (QED) is 0.687. The van der Waals surface area contributed by atoms with Crippen molar-refractivity contribution in [2.24, 2.45) is 0 Å². The molecule has 4 rings (SSSR count). The molecule has 0 saturated carbocycles. The minimum atomic E-state index is -0.0273. The number of carbonyl (C=O) groups excluding carboxylic acids is 1. The molecule has 24 heavy (non-hydrogen) atoms. The van der Waals surface area contributed by atoms with Crippen molar-refractivity contribution in [1.82, 2.24) is 25.5 Å². The number of aromatic amines is 2. The molecule has 0 bridgehead atoms. The first-order valence-corrected chi connectivity index (χ1v) is 8.20. The van der Waals surface area contributed by atoms with Gasteiger partial charge in [0.15, 0.2) is 5.82 Å². The summed E-state index contributed by atoms with van der Waals surface area (Å²) in [6.07, 6.45) is 3.48. The van der Waals surface area contributed by atoms with Crippen molar-refractivity contribution in [2.45, 2.75) is 25.8 Å². The average Bonchev–Trinajstić information content (AvgIpc) is 3.23. The number of nitrogens with one attached hydrogen (secondary N) is 3. The molecule has 2 aromatic heterocycles. The van der Waals surface area contributed by atoms with Crippen molar-refractivity contribution in [3.8, 4) is 0 Å². The highest BCUT2D eigenvalue weighted by Gasteiger charge is 2.22. The maximum Gasteiger partial charge on any atom is 0.251 e. The summed E-state index contributed by atoms with van der Waals surface area (Å²) in [5, 5.41) is 10.4. The van der Waals surface area contributed by atoms with Gasteiger partial charge < -0.3 is 15.2 Å². The minimum Gasteiger partial charge on any atom is -0.355 e. The zero-order valence-electron chi connectivity index (χ0n) is 13.5. The second-order valence-electron chi connectivity index (χ2n) is 6.28. The van der Waals surface area contributed by atoms with Crippen molar-refractivity contribution in [2.75, 3.05) is 18.0 Å². The number of carbonyl (C=O) groups is 1. The Kier molecular flexibility index (Phi) is 3.68. The molecule has 7 heteroatoms. The number of fused-ring (bicyclic) bond motifs is 1. The Morgan fingerprint density at radius 1 is 1.29 bits per heavy atom. The molecule has 7 nitrogen and oxygen atoms in total. The first-order chi connectivity index (χ1) is 11.7. The van der Waals surface area contributed by atoms with Gasteiger partial charge in [-0.15, -0.1) is 0 Å². The largest absolute Gasteiger partial charge is 0.355 e. The lowest BCUT2D eigenvalue weighted by Crippen LogP contribution is -2.44. The molecular weight excluding hydrogens is 304 g/mol. The Balaban J connectivity index is 1.37. The van der Waals surface area contributed by atoms with Gasteiger partial charge >= 0.3 is 0 Å². The van der Waals surface area contributed by atoms with E-state index in [1.54, 1.807) is 6.33 Å². The van der Waals surface area contributed by atoms with Crippen molar-refractivity contribution in [3.63, 3.8) is 0 Å². The highest BCUT2D eigenvalue weighted by atomic mass is 16.1. The van der Waals surface area contributed by atoms with E-state index in [0.717, 1.165) is 48.5 Å². The van der Waals surface area contributed by atoms with Gasteiger partial charge in [-0.05, 0) is 38.0 Å². The van der Waals surface area contributed by atoms with E-state index in [9.17, 15) is 4.79 Å². The van der Waals surface area contributed by atoms with Crippen LogP contribution >= 0.6 is 0 Å². The molecule has 1 saturated heterocycles. The number of amides is 1. The number of aromatic nitrogens is 4. The van der Waals surface area contributed by atoms with Gasteiger partial charge in [0, 0.05) is 36.5 Å². The Morgan fingerprint density at radius 2 is 2.12 bits per heavy atom. The number of anilines is 1. The van der Waals surface area contributed by atoms with E-state index < -0.39 is 0 Å². The molecule has 3 N–H and O–H groups in total. The Hall–Kier alpha value is -2.83. The molecule has 1 aromatic carbocycles. The standard InChI is InChI=1S/C17H20N6O/c1-11-8-16(22-21-11)23-6-4-13(5-7-23)20-17(24)12-2-3-14-15(9-12)19-10-18-14/h2-3,8-10,13H,4-7H2,1H3,(H,18,19)(H,20,24)(H,21,22). The fraction of sp³-hybridized carbons (Fsp3) is 0.353. The summed E-state index contributed by atoms with van der Waals surface area (Å²) < 4.78 is 0. The SMILES string of the molecule is Cc1cc(N2CCC(NC(=O)c3ccc4nc[nH]c4c3)CC2)n[nH]1. The van der Waals surface area contributed by atoms with Crippen LogP contribution in [-0.2, 0) is 0 Å². The Bertz CT molecular complexity index is 859. The molecule has 3 heterocycles. The Labute approximate surface area is 139 Å². The van der Waals surface area contributed by atoms with Crippen LogP contribution in [0.5, 0.6) is 0 Å². The topological polar surface area (TPSA) is 89.7 Å². The highest BCUT2D eigenvalue weighted by Crippen LogP contribution is 2.19. The molecule has 0 aliphatic carbocycles. The molecule has 1 aliphatic rings. The molecule has 1 amide bonds. The van der Waals surface area contributed by atoms with Crippen LogP contribution in [-0.4, -0.2) is 45.2 Å². The number of hydrogen-bond acceptors (Lipinski definition) is 4. The van der Waals surface area contributed by atoms with E-state index in [0.29, 0.717) is 5.56 Å². The van der Waals surface area contributed by atoms with Crippen molar-refractivity contribution >= 4 is 22.8 Å². The summed E-state index contributed by atoms with van der Waals surface area (Å²) in [5.41, 5.74) is 3.48. The lowest BCUT2D eigenvalue weighted by molar-refractivity contribution is 0.0931. The van der Waals surface area contributed by atoms with Crippen molar-refractivity contribution in [3.05, 3.63) is 41.9 Å². The van der Waals surface area contributed by atoms with E-state index in [-0.39, 0.29) is 11.9 Å². The van der Waals surface area contributed by atoms with Crippen LogP contribution in [0.15, 0.2) is 30.6 Å². The molecule has 0 atom stereocenters. The van der Waals surface area contributed by atoms with Crippen LogP contribution in [0.3, 0.4) is 0 Å². The molecule has 0 spiro atoms. The van der Waals surface area contributed by atoms with E-state index in [2.05, 4.69) is 36.4 Å². The van der Waals surface area contributed by atoms with Crippen LogP contribution in [0.2, 0.25) is 0 Å². The molecule has 0 unspecified atom stereocenters. The molecule has 3 aromatic rings. The van der Waals surface area contributed by atoms with Crippen LogP contribution in [0, 0.1) is 6.92 Å². The van der Waals surface area contributed by atoms with Gasteiger partial charge in [-0.1, -0.05) is 0 Å². The molecule has 1 aliphatic heterocycles. The highest BCUT2D eigenvalue weighted by molar-refractivity contribution is 5.97. The number of nitrogens with zero attached hydrogens (tertiary/aromatic N) is 3. The predicted octanol–water partition coefficient (Wildman–Crippen LogP) is 1.99. The fourth-order valence-corrected chi connectivity index (χ4v) is 3.16.